The quantitative estimate of drug-likeness (QED) is 0.813. The second-order valence-corrected chi connectivity index (χ2v) is 8.31. The molecule has 1 saturated carbocycles. The molecule has 4 nitrogen and oxygen atoms in total. The lowest BCUT2D eigenvalue weighted by Crippen LogP contribution is -2.30. The number of hydrogen-bond acceptors (Lipinski definition) is 4. The van der Waals surface area contributed by atoms with Gasteiger partial charge in [0.2, 0.25) is 10.0 Å². The van der Waals surface area contributed by atoms with Crippen molar-refractivity contribution in [2.24, 2.45) is 11.8 Å². The van der Waals surface area contributed by atoms with Gasteiger partial charge in [-0.25, -0.2) is 13.1 Å². The molecule has 114 valence electrons. The highest BCUT2D eigenvalue weighted by Gasteiger charge is 2.25. The molecule has 2 unspecified atom stereocenters. The molecule has 1 fully saturated rings. The molecule has 1 aromatic heterocycles. The fraction of sp³-hybridized carbons (Fsp3) is 0.714. The minimum absolute atomic E-state index is 0.404. The molecule has 1 aromatic rings. The Hall–Kier alpha value is -0.430. The maximum atomic E-state index is 12.3. The first kappa shape index (κ1) is 15.9. The van der Waals surface area contributed by atoms with E-state index in [0.29, 0.717) is 23.3 Å². The first-order valence-electron chi connectivity index (χ1n) is 7.30. The van der Waals surface area contributed by atoms with E-state index in [0.717, 1.165) is 24.4 Å². The predicted molar refractivity (Wildman–Crippen MR) is 83.4 cm³/mol. The molecule has 1 aliphatic rings. The average Bonchev–Trinajstić information content (AvgIpc) is 3.03. The SMILES string of the molecule is CCNCc1cc(S(=O)(=O)NCC2CCCC2C)cs1. The molecule has 0 aromatic carbocycles. The molecule has 2 atom stereocenters. The highest BCUT2D eigenvalue weighted by atomic mass is 32.2. The minimum atomic E-state index is -3.34. The van der Waals surface area contributed by atoms with Gasteiger partial charge in [0.1, 0.15) is 0 Å². The normalized spacial score (nSPS) is 23.3. The highest BCUT2D eigenvalue weighted by molar-refractivity contribution is 7.89. The van der Waals surface area contributed by atoms with Crippen molar-refractivity contribution in [1.29, 1.82) is 0 Å². The molecule has 0 aliphatic heterocycles. The molecule has 6 heteroatoms. The van der Waals surface area contributed by atoms with E-state index in [1.165, 1.54) is 24.2 Å². The van der Waals surface area contributed by atoms with Crippen LogP contribution in [0.15, 0.2) is 16.3 Å². The smallest absolute Gasteiger partial charge is 0.241 e. The van der Waals surface area contributed by atoms with E-state index in [4.69, 9.17) is 0 Å². The highest BCUT2D eigenvalue weighted by Crippen LogP contribution is 2.30. The van der Waals surface area contributed by atoms with E-state index in [2.05, 4.69) is 17.0 Å². The van der Waals surface area contributed by atoms with Crippen LogP contribution < -0.4 is 10.0 Å². The Kier molecular flexibility index (Phi) is 5.60. The fourth-order valence-electron chi connectivity index (χ4n) is 2.67. The molecule has 2 rings (SSSR count). The Labute approximate surface area is 126 Å². The van der Waals surface area contributed by atoms with Crippen molar-refractivity contribution in [1.82, 2.24) is 10.0 Å². The van der Waals surface area contributed by atoms with Crippen LogP contribution >= 0.6 is 11.3 Å². The van der Waals surface area contributed by atoms with Gasteiger partial charge in [0.15, 0.2) is 0 Å². The summed E-state index contributed by atoms with van der Waals surface area (Å²) in [5.41, 5.74) is 0. The summed E-state index contributed by atoms with van der Waals surface area (Å²) in [6.07, 6.45) is 3.58. The average molecular weight is 316 g/mol. The number of nitrogens with one attached hydrogen (secondary N) is 2. The van der Waals surface area contributed by atoms with Gasteiger partial charge in [-0.3, -0.25) is 0 Å². The summed E-state index contributed by atoms with van der Waals surface area (Å²) in [7, 11) is -3.34. The third kappa shape index (κ3) is 4.04. The van der Waals surface area contributed by atoms with E-state index < -0.39 is 10.0 Å². The summed E-state index contributed by atoms with van der Waals surface area (Å²) in [5, 5.41) is 4.94. The van der Waals surface area contributed by atoms with Crippen LogP contribution in [0, 0.1) is 11.8 Å². The van der Waals surface area contributed by atoms with Crippen LogP contribution in [0.4, 0.5) is 0 Å². The monoisotopic (exact) mass is 316 g/mol. The van der Waals surface area contributed by atoms with Crippen molar-refractivity contribution >= 4 is 21.4 Å². The summed E-state index contributed by atoms with van der Waals surface area (Å²) < 4.78 is 27.3. The zero-order valence-electron chi connectivity index (χ0n) is 12.2. The van der Waals surface area contributed by atoms with Crippen molar-refractivity contribution in [3.8, 4) is 0 Å². The molecular formula is C14H24N2O2S2. The minimum Gasteiger partial charge on any atom is -0.312 e. The van der Waals surface area contributed by atoms with Crippen molar-refractivity contribution < 1.29 is 8.42 Å². The summed E-state index contributed by atoms with van der Waals surface area (Å²) >= 11 is 1.49. The van der Waals surface area contributed by atoms with E-state index in [-0.39, 0.29) is 0 Å². The van der Waals surface area contributed by atoms with Gasteiger partial charge in [-0.2, -0.15) is 0 Å². The van der Waals surface area contributed by atoms with Gasteiger partial charge in [0.05, 0.1) is 4.90 Å². The van der Waals surface area contributed by atoms with E-state index in [1.54, 1.807) is 11.4 Å². The topological polar surface area (TPSA) is 58.2 Å². The lowest BCUT2D eigenvalue weighted by Gasteiger charge is -2.15. The molecule has 20 heavy (non-hydrogen) atoms. The van der Waals surface area contributed by atoms with Crippen molar-refractivity contribution in [2.75, 3.05) is 13.1 Å². The zero-order valence-corrected chi connectivity index (χ0v) is 13.8. The van der Waals surface area contributed by atoms with E-state index in [1.807, 2.05) is 6.92 Å². The summed E-state index contributed by atoms with van der Waals surface area (Å²) in [6, 6.07) is 1.77. The zero-order chi connectivity index (χ0) is 14.6. The van der Waals surface area contributed by atoms with Crippen molar-refractivity contribution in [2.45, 2.75) is 44.6 Å². The standard InChI is InChI=1S/C14H24N2O2S2/c1-3-15-9-13-7-14(10-19-13)20(17,18)16-8-12-6-4-5-11(12)2/h7,10-12,15-16H,3-6,8-9H2,1-2H3. The summed E-state index contributed by atoms with van der Waals surface area (Å²) in [5.74, 6) is 1.12. The number of thiophene rings is 1. The fourth-order valence-corrected chi connectivity index (χ4v) is 5.01. The van der Waals surface area contributed by atoms with Gasteiger partial charge in [-0.1, -0.05) is 26.7 Å². The van der Waals surface area contributed by atoms with Crippen molar-refractivity contribution in [3.63, 3.8) is 0 Å². The third-order valence-corrected chi connectivity index (χ3v) is 6.55. The number of rotatable bonds is 7. The summed E-state index contributed by atoms with van der Waals surface area (Å²) in [4.78, 5) is 1.46. The van der Waals surface area contributed by atoms with E-state index in [9.17, 15) is 8.42 Å². The molecule has 0 spiro atoms. The Morgan fingerprint density at radius 3 is 2.85 bits per heavy atom. The lowest BCUT2D eigenvalue weighted by molar-refractivity contribution is 0.414. The Morgan fingerprint density at radius 2 is 2.20 bits per heavy atom. The number of hydrogen-bond donors (Lipinski definition) is 2. The first-order chi connectivity index (χ1) is 9.53. The van der Waals surface area contributed by atoms with Gasteiger partial charge in [0.25, 0.3) is 0 Å². The van der Waals surface area contributed by atoms with Crippen LogP contribution in [0.2, 0.25) is 0 Å². The van der Waals surface area contributed by atoms with Gasteiger partial charge in [-0.05, 0) is 30.9 Å². The van der Waals surface area contributed by atoms with Crippen LogP contribution in [0.5, 0.6) is 0 Å². The molecule has 0 saturated heterocycles. The Morgan fingerprint density at radius 1 is 1.40 bits per heavy atom. The summed E-state index contributed by atoms with van der Waals surface area (Å²) in [6.45, 7) is 6.44. The van der Waals surface area contributed by atoms with Gasteiger partial charge < -0.3 is 5.32 Å². The lowest BCUT2D eigenvalue weighted by atomic mass is 9.99. The maximum absolute atomic E-state index is 12.3. The molecule has 1 heterocycles. The molecule has 0 amide bonds. The first-order valence-corrected chi connectivity index (χ1v) is 9.67. The molecule has 0 bridgehead atoms. The molecule has 1 aliphatic carbocycles. The van der Waals surface area contributed by atoms with Crippen LogP contribution in [-0.2, 0) is 16.6 Å². The van der Waals surface area contributed by atoms with Crippen LogP contribution in [0.1, 0.15) is 38.0 Å². The number of sulfonamides is 1. The molecular weight excluding hydrogens is 292 g/mol. The Balaban J connectivity index is 1.93. The molecule has 2 N–H and O–H groups in total. The second-order valence-electron chi connectivity index (χ2n) is 5.55. The van der Waals surface area contributed by atoms with Gasteiger partial charge >= 0.3 is 0 Å². The van der Waals surface area contributed by atoms with Gasteiger partial charge in [0, 0.05) is 23.3 Å². The second kappa shape index (κ2) is 7.02. The third-order valence-electron chi connectivity index (χ3n) is 4.06. The van der Waals surface area contributed by atoms with Crippen LogP contribution in [0.3, 0.4) is 0 Å². The van der Waals surface area contributed by atoms with E-state index >= 15 is 0 Å². The molecule has 0 radical (unpaired) electrons. The van der Waals surface area contributed by atoms with Crippen LogP contribution in [0.25, 0.3) is 0 Å². The predicted octanol–water partition coefficient (Wildman–Crippen LogP) is 2.57. The maximum Gasteiger partial charge on any atom is 0.241 e. The Bertz CT molecular complexity index is 525. The van der Waals surface area contributed by atoms with Crippen molar-refractivity contribution in [3.05, 3.63) is 16.3 Å². The van der Waals surface area contributed by atoms with Gasteiger partial charge in [-0.15, -0.1) is 11.3 Å². The largest absolute Gasteiger partial charge is 0.312 e. The van der Waals surface area contributed by atoms with Crippen LogP contribution in [-0.4, -0.2) is 21.5 Å².